The number of amides is 1. The van der Waals surface area contributed by atoms with Crippen LogP contribution < -0.4 is 26.0 Å². The fourth-order valence-electron chi connectivity index (χ4n) is 4.33. The zero-order valence-electron chi connectivity index (χ0n) is 18.2. The number of nitrogens with one attached hydrogen (secondary N) is 2. The van der Waals surface area contributed by atoms with Crippen molar-refractivity contribution >= 4 is 27.5 Å². The Morgan fingerprint density at radius 3 is 2.59 bits per heavy atom. The third-order valence-electron chi connectivity index (χ3n) is 6.16. The number of rotatable bonds is 7. The molecule has 170 valence electrons. The standard InChI is InChI=1S/C23H27N3O5S/c1-30-18-8-5-15(11-19(18)31-2)12-24-21(27)16-6-3-14(4-7-16)13-26-22(28)20-17(9-10-32-20)25-23(26)29/h5,8-11,14,16H,3-4,6-7,12-13H2,1-2H3,(H,24,27)(H,25,29). The summed E-state index contributed by atoms with van der Waals surface area (Å²) in [4.78, 5) is 40.4. The monoisotopic (exact) mass is 457 g/mol. The average molecular weight is 458 g/mol. The average Bonchev–Trinajstić information content (AvgIpc) is 3.29. The minimum atomic E-state index is -0.365. The van der Waals surface area contributed by atoms with Gasteiger partial charge in [-0.05, 0) is 60.7 Å². The Morgan fingerprint density at radius 2 is 1.88 bits per heavy atom. The van der Waals surface area contributed by atoms with Gasteiger partial charge in [0.25, 0.3) is 5.56 Å². The number of carbonyl (C=O) groups is 1. The summed E-state index contributed by atoms with van der Waals surface area (Å²) in [6, 6.07) is 7.33. The van der Waals surface area contributed by atoms with Gasteiger partial charge >= 0.3 is 5.69 Å². The van der Waals surface area contributed by atoms with E-state index in [4.69, 9.17) is 9.47 Å². The van der Waals surface area contributed by atoms with Crippen LogP contribution in [0.1, 0.15) is 31.2 Å². The second-order valence-corrected chi connectivity index (χ2v) is 9.05. The summed E-state index contributed by atoms with van der Waals surface area (Å²) in [6.45, 7) is 0.812. The van der Waals surface area contributed by atoms with Gasteiger partial charge in [-0.25, -0.2) is 4.79 Å². The molecule has 3 aromatic rings. The number of aromatic amines is 1. The van der Waals surface area contributed by atoms with E-state index in [2.05, 4.69) is 10.3 Å². The van der Waals surface area contributed by atoms with Crippen molar-refractivity contribution in [2.24, 2.45) is 11.8 Å². The maximum absolute atomic E-state index is 12.7. The first-order chi connectivity index (χ1) is 15.5. The lowest BCUT2D eigenvalue weighted by molar-refractivity contribution is -0.126. The van der Waals surface area contributed by atoms with Crippen LogP contribution in [0.3, 0.4) is 0 Å². The number of thiophene rings is 1. The summed E-state index contributed by atoms with van der Waals surface area (Å²) in [5.41, 5.74) is 0.938. The first-order valence-electron chi connectivity index (χ1n) is 10.7. The van der Waals surface area contributed by atoms with Gasteiger partial charge in [0.15, 0.2) is 11.5 Å². The quantitative estimate of drug-likeness (QED) is 0.568. The van der Waals surface area contributed by atoms with E-state index in [1.54, 1.807) is 25.7 Å². The fourth-order valence-corrected chi connectivity index (χ4v) is 5.12. The second-order valence-electron chi connectivity index (χ2n) is 8.13. The van der Waals surface area contributed by atoms with Crippen LogP contribution in [0.4, 0.5) is 0 Å². The van der Waals surface area contributed by atoms with Gasteiger partial charge in [0.1, 0.15) is 4.70 Å². The molecular weight excluding hydrogens is 430 g/mol. The minimum Gasteiger partial charge on any atom is -0.493 e. The second kappa shape index (κ2) is 9.60. The third-order valence-corrected chi connectivity index (χ3v) is 7.07. The molecule has 0 aliphatic heterocycles. The number of hydrogen-bond acceptors (Lipinski definition) is 6. The van der Waals surface area contributed by atoms with Crippen LogP contribution in [-0.2, 0) is 17.9 Å². The lowest BCUT2D eigenvalue weighted by Gasteiger charge is -2.28. The van der Waals surface area contributed by atoms with Gasteiger partial charge in [0, 0.05) is 19.0 Å². The third kappa shape index (κ3) is 4.57. The number of fused-ring (bicyclic) bond motifs is 1. The summed E-state index contributed by atoms with van der Waals surface area (Å²) in [6.07, 6.45) is 3.11. The normalized spacial score (nSPS) is 18.4. The van der Waals surface area contributed by atoms with Crippen LogP contribution in [-0.4, -0.2) is 29.7 Å². The zero-order chi connectivity index (χ0) is 22.7. The highest BCUT2D eigenvalue weighted by atomic mass is 32.1. The highest BCUT2D eigenvalue weighted by Gasteiger charge is 2.27. The molecule has 1 saturated carbocycles. The smallest absolute Gasteiger partial charge is 0.328 e. The van der Waals surface area contributed by atoms with Crippen molar-refractivity contribution in [3.05, 3.63) is 56.0 Å². The SMILES string of the molecule is COc1ccc(CNC(=O)C2CCC(Cn3c(=O)[nH]c4ccsc4c3=O)CC2)cc1OC. The molecule has 1 aliphatic carbocycles. The van der Waals surface area contributed by atoms with E-state index in [0.717, 1.165) is 31.2 Å². The van der Waals surface area contributed by atoms with E-state index in [-0.39, 0.29) is 29.0 Å². The summed E-state index contributed by atoms with van der Waals surface area (Å²) >= 11 is 1.34. The predicted octanol–water partition coefficient (Wildman–Crippen LogP) is 2.89. The van der Waals surface area contributed by atoms with Crippen LogP contribution in [0.5, 0.6) is 11.5 Å². The Balaban J connectivity index is 1.31. The highest BCUT2D eigenvalue weighted by Crippen LogP contribution is 2.30. The molecule has 4 rings (SSSR count). The van der Waals surface area contributed by atoms with Crippen LogP contribution in [0.25, 0.3) is 10.2 Å². The van der Waals surface area contributed by atoms with E-state index >= 15 is 0 Å². The Kier molecular flexibility index (Phi) is 6.64. The maximum Gasteiger partial charge on any atom is 0.328 e. The van der Waals surface area contributed by atoms with Crippen molar-refractivity contribution in [2.75, 3.05) is 14.2 Å². The summed E-state index contributed by atoms with van der Waals surface area (Å²) < 4.78 is 12.4. The minimum absolute atomic E-state index is 0.0354. The largest absolute Gasteiger partial charge is 0.493 e. The lowest BCUT2D eigenvalue weighted by atomic mass is 9.81. The van der Waals surface area contributed by atoms with Crippen molar-refractivity contribution in [3.8, 4) is 11.5 Å². The summed E-state index contributed by atoms with van der Waals surface area (Å²) in [5.74, 6) is 1.47. The van der Waals surface area contributed by atoms with Crippen molar-refractivity contribution in [1.29, 1.82) is 0 Å². The fraction of sp³-hybridized carbons (Fsp3) is 0.435. The molecule has 1 aromatic carbocycles. The number of H-pyrrole nitrogens is 1. The van der Waals surface area contributed by atoms with Crippen LogP contribution >= 0.6 is 11.3 Å². The first-order valence-corrected chi connectivity index (χ1v) is 11.6. The lowest BCUT2D eigenvalue weighted by Crippen LogP contribution is -2.38. The molecule has 1 amide bonds. The number of carbonyl (C=O) groups excluding carboxylic acids is 1. The van der Waals surface area contributed by atoms with Crippen LogP contribution in [0.2, 0.25) is 0 Å². The molecule has 0 atom stereocenters. The van der Waals surface area contributed by atoms with Gasteiger partial charge in [0.2, 0.25) is 5.91 Å². The van der Waals surface area contributed by atoms with Gasteiger partial charge in [-0.2, -0.15) is 0 Å². The topological polar surface area (TPSA) is 102 Å². The molecule has 32 heavy (non-hydrogen) atoms. The molecule has 0 radical (unpaired) electrons. The van der Waals surface area contributed by atoms with Gasteiger partial charge in [0.05, 0.1) is 19.7 Å². The van der Waals surface area contributed by atoms with Crippen molar-refractivity contribution in [3.63, 3.8) is 0 Å². The maximum atomic E-state index is 12.7. The van der Waals surface area contributed by atoms with Gasteiger partial charge in [-0.15, -0.1) is 11.3 Å². The Bertz CT molecular complexity index is 1220. The molecule has 0 bridgehead atoms. The molecule has 2 heterocycles. The highest BCUT2D eigenvalue weighted by molar-refractivity contribution is 7.17. The molecule has 1 fully saturated rings. The van der Waals surface area contributed by atoms with E-state index in [1.165, 1.54) is 15.9 Å². The molecule has 2 aromatic heterocycles. The Morgan fingerprint density at radius 1 is 1.12 bits per heavy atom. The van der Waals surface area contributed by atoms with Crippen LogP contribution in [0, 0.1) is 11.8 Å². The number of hydrogen-bond donors (Lipinski definition) is 2. The van der Waals surface area contributed by atoms with Crippen molar-refractivity contribution in [1.82, 2.24) is 14.9 Å². The van der Waals surface area contributed by atoms with Gasteiger partial charge < -0.3 is 19.8 Å². The van der Waals surface area contributed by atoms with E-state index in [1.807, 2.05) is 18.2 Å². The van der Waals surface area contributed by atoms with Gasteiger partial charge in [-0.1, -0.05) is 6.07 Å². The summed E-state index contributed by atoms with van der Waals surface area (Å²) in [7, 11) is 3.17. The number of benzene rings is 1. The number of ether oxygens (including phenoxy) is 2. The number of methoxy groups -OCH3 is 2. The van der Waals surface area contributed by atoms with Crippen molar-refractivity contribution in [2.45, 2.75) is 38.8 Å². The molecular formula is C23H27N3O5S. The molecule has 8 nitrogen and oxygen atoms in total. The number of aromatic nitrogens is 2. The predicted molar refractivity (Wildman–Crippen MR) is 124 cm³/mol. The molecule has 0 spiro atoms. The first kappa shape index (κ1) is 22.1. The van der Waals surface area contributed by atoms with E-state index < -0.39 is 0 Å². The van der Waals surface area contributed by atoms with E-state index in [0.29, 0.717) is 34.8 Å². The number of nitrogens with zero attached hydrogens (tertiary/aromatic N) is 1. The molecule has 1 aliphatic rings. The Labute approximate surface area is 189 Å². The molecule has 9 heteroatoms. The van der Waals surface area contributed by atoms with Gasteiger partial charge in [-0.3, -0.25) is 14.2 Å². The summed E-state index contributed by atoms with van der Waals surface area (Å²) in [5, 5.41) is 4.82. The Hall–Kier alpha value is -3.07. The molecule has 0 unspecified atom stereocenters. The van der Waals surface area contributed by atoms with E-state index in [9.17, 15) is 14.4 Å². The zero-order valence-corrected chi connectivity index (χ0v) is 19.0. The molecule has 2 N–H and O–H groups in total. The van der Waals surface area contributed by atoms with Crippen molar-refractivity contribution < 1.29 is 14.3 Å². The molecule has 0 saturated heterocycles. The van der Waals surface area contributed by atoms with Crippen LogP contribution in [0.15, 0.2) is 39.2 Å².